The number of methoxy groups -OCH3 is 1. The van der Waals surface area contributed by atoms with Crippen LogP contribution >= 0.6 is 27.7 Å². The Morgan fingerprint density at radius 1 is 1.19 bits per heavy atom. The van der Waals surface area contributed by atoms with Gasteiger partial charge in [-0.25, -0.2) is 4.98 Å². The molecule has 0 aliphatic carbocycles. The fourth-order valence-electron chi connectivity index (χ4n) is 1.56. The largest absolute Gasteiger partial charge is 0.481 e. The van der Waals surface area contributed by atoms with Crippen molar-refractivity contribution in [1.29, 1.82) is 0 Å². The lowest BCUT2D eigenvalue weighted by atomic mass is 10.3. The molecule has 0 radical (unpaired) electrons. The van der Waals surface area contributed by atoms with E-state index in [1.165, 1.54) is 11.8 Å². The number of halogens is 1. The molecule has 2 aromatic heterocycles. The van der Waals surface area contributed by atoms with E-state index in [0.29, 0.717) is 16.2 Å². The first kappa shape index (κ1) is 14.0. The van der Waals surface area contributed by atoms with Crippen LogP contribution in [0.3, 0.4) is 0 Å². The Labute approximate surface area is 132 Å². The van der Waals surface area contributed by atoms with Gasteiger partial charge in [-0.3, -0.25) is 0 Å². The van der Waals surface area contributed by atoms with Crippen molar-refractivity contribution in [3.8, 4) is 11.6 Å². The second-order valence-corrected chi connectivity index (χ2v) is 5.68. The molecule has 0 saturated heterocycles. The molecule has 0 saturated carbocycles. The van der Waals surface area contributed by atoms with E-state index in [1.54, 1.807) is 24.1 Å². The van der Waals surface area contributed by atoms with Crippen molar-refractivity contribution < 1.29 is 4.74 Å². The third kappa shape index (κ3) is 3.19. The molecule has 21 heavy (non-hydrogen) atoms. The monoisotopic (exact) mass is 364 g/mol. The average Bonchev–Trinajstić information content (AvgIpc) is 2.96. The number of hydrogen-bond acceptors (Lipinski definition) is 7. The number of tetrazole rings is 1. The molecule has 2 heterocycles. The molecule has 0 spiro atoms. The van der Waals surface area contributed by atoms with E-state index in [9.17, 15) is 0 Å². The minimum absolute atomic E-state index is 0.496. The van der Waals surface area contributed by atoms with Gasteiger partial charge in [0.2, 0.25) is 11.0 Å². The van der Waals surface area contributed by atoms with Gasteiger partial charge in [0, 0.05) is 16.7 Å². The van der Waals surface area contributed by atoms with Crippen molar-refractivity contribution in [3.63, 3.8) is 0 Å². The molecule has 0 atom stereocenters. The Morgan fingerprint density at radius 3 is 2.76 bits per heavy atom. The number of ether oxygens (including phenoxy) is 1. The van der Waals surface area contributed by atoms with Gasteiger partial charge in [0.05, 0.1) is 12.8 Å². The third-order valence-electron chi connectivity index (χ3n) is 2.51. The van der Waals surface area contributed by atoms with E-state index in [1.807, 2.05) is 24.3 Å². The van der Waals surface area contributed by atoms with Crippen molar-refractivity contribution in [2.75, 3.05) is 7.11 Å². The van der Waals surface area contributed by atoms with Crippen molar-refractivity contribution >= 4 is 27.7 Å². The van der Waals surface area contributed by atoms with Gasteiger partial charge < -0.3 is 4.74 Å². The Morgan fingerprint density at radius 2 is 2.00 bits per heavy atom. The summed E-state index contributed by atoms with van der Waals surface area (Å²) in [5.74, 6) is 0.496. The third-order valence-corrected chi connectivity index (χ3v) is 3.86. The first-order chi connectivity index (χ1) is 10.3. The van der Waals surface area contributed by atoms with Crippen LogP contribution in [-0.2, 0) is 0 Å². The number of hydrogen-bond donors (Lipinski definition) is 0. The molecule has 0 amide bonds. The van der Waals surface area contributed by atoms with E-state index in [4.69, 9.17) is 4.74 Å². The average molecular weight is 365 g/mol. The van der Waals surface area contributed by atoms with Crippen LogP contribution in [0.15, 0.2) is 51.3 Å². The van der Waals surface area contributed by atoms with Gasteiger partial charge in [-0.1, -0.05) is 15.9 Å². The zero-order chi connectivity index (χ0) is 14.7. The van der Waals surface area contributed by atoms with Gasteiger partial charge in [0.25, 0.3) is 0 Å². The number of benzene rings is 1. The highest BCUT2D eigenvalue weighted by molar-refractivity contribution is 9.10. The van der Waals surface area contributed by atoms with Crippen LogP contribution in [0.5, 0.6) is 5.88 Å². The van der Waals surface area contributed by atoms with E-state index in [0.717, 1.165) is 10.2 Å². The SMILES string of the molecule is COc1ccnc(Sc2nnnn2-c2ccc(Br)cc2)n1. The van der Waals surface area contributed by atoms with Crippen molar-refractivity contribution in [2.45, 2.75) is 10.3 Å². The molecule has 0 aliphatic heterocycles. The van der Waals surface area contributed by atoms with Crippen LogP contribution in [0.2, 0.25) is 0 Å². The highest BCUT2D eigenvalue weighted by Gasteiger charge is 2.12. The number of aromatic nitrogens is 6. The second kappa shape index (κ2) is 6.19. The summed E-state index contributed by atoms with van der Waals surface area (Å²) >= 11 is 4.66. The highest BCUT2D eigenvalue weighted by atomic mass is 79.9. The van der Waals surface area contributed by atoms with E-state index in [2.05, 4.69) is 41.4 Å². The zero-order valence-electron chi connectivity index (χ0n) is 10.8. The smallest absolute Gasteiger partial charge is 0.221 e. The van der Waals surface area contributed by atoms with Gasteiger partial charge in [-0.15, -0.1) is 5.10 Å². The van der Waals surface area contributed by atoms with Crippen LogP contribution in [0.25, 0.3) is 5.69 Å². The molecule has 7 nitrogen and oxygen atoms in total. The van der Waals surface area contributed by atoms with E-state index >= 15 is 0 Å². The maximum Gasteiger partial charge on any atom is 0.221 e. The van der Waals surface area contributed by atoms with Crippen molar-refractivity contribution in [2.24, 2.45) is 0 Å². The summed E-state index contributed by atoms with van der Waals surface area (Å²) in [6.07, 6.45) is 1.63. The maximum atomic E-state index is 5.07. The minimum Gasteiger partial charge on any atom is -0.481 e. The molecular weight excluding hydrogens is 356 g/mol. The van der Waals surface area contributed by atoms with Gasteiger partial charge in [-0.2, -0.15) is 9.67 Å². The summed E-state index contributed by atoms with van der Waals surface area (Å²) in [5, 5.41) is 12.8. The van der Waals surface area contributed by atoms with E-state index < -0.39 is 0 Å². The maximum absolute atomic E-state index is 5.07. The topological polar surface area (TPSA) is 78.6 Å². The predicted molar refractivity (Wildman–Crippen MR) is 79.6 cm³/mol. The van der Waals surface area contributed by atoms with Crippen LogP contribution in [-0.4, -0.2) is 37.3 Å². The van der Waals surface area contributed by atoms with Gasteiger partial charge in [0.15, 0.2) is 5.16 Å². The van der Waals surface area contributed by atoms with Crippen LogP contribution in [0.4, 0.5) is 0 Å². The second-order valence-electron chi connectivity index (χ2n) is 3.83. The number of rotatable bonds is 4. The molecule has 106 valence electrons. The summed E-state index contributed by atoms with van der Waals surface area (Å²) < 4.78 is 7.69. The molecular formula is C12H9BrN6OS. The first-order valence-corrected chi connectivity index (χ1v) is 7.46. The summed E-state index contributed by atoms with van der Waals surface area (Å²) in [5.41, 5.74) is 0.855. The van der Waals surface area contributed by atoms with Crippen molar-refractivity contribution in [1.82, 2.24) is 30.2 Å². The lowest BCUT2D eigenvalue weighted by Crippen LogP contribution is -1.99. The molecule has 0 aliphatic rings. The van der Waals surface area contributed by atoms with Gasteiger partial charge >= 0.3 is 0 Å². The Kier molecular flexibility index (Phi) is 4.11. The van der Waals surface area contributed by atoms with Gasteiger partial charge in [0.1, 0.15) is 0 Å². The number of nitrogens with zero attached hydrogens (tertiary/aromatic N) is 6. The minimum atomic E-state index is 0.496. The zero-order valence-corrected chi connectivity index (χ0v) is 13.2. The van der Waals surface area contributed by atoms with Crippen LogP contribution < -0.4 is 4.74 Å². The molecule has 9 heteroatoms. The normalized spacial score (nSPS) is 10.6. The standard InChI is InChI=1S/C12H9BrN6OS/c1-20-10-6-7-14-11(15-10)21-12-16-17-18-19(12)9-4-2-8(13)3-5-9/h2-7H,1H3. The molecule has 3 rings (SSSR count). The summed E-state index contributed by atoms with van der Waals surface area (Å²) in [6, 6.07) is 9.36. The van der Waals surface area contributed by atoms with Crippen molar-refractivity contribution in [3.05, 3.63) is 41.0 Å². The Hall–Kier alpha value is -2.00. The molecule has 0 N–H and O–H groups in total. The summed E-state index contributed by atoms with van der Waals surface area (Å²) in [6.45, 7) is 0. The highest BCUT2D eigenvalue weighted by Crippen LogP contribution is 2.25. The molecule has 0 unspecified atom stereocenters. The Bertz CT molecular complexity index is 748. The molecule has 0 fully saturated rings. The first-order valence-electron chi connectivity index (χ1n) is 5.85. The predicted octanol–water partition coefficient (Wildman–Crippen LogP) is 2.37. The fourth-order valence-corrected chi connectivity index (χ4v) is 2.54. The quantitative estimate of drug-likeness (QED) is 0.657. The van der Waals surface area contributed by atoms with Gasteiger partial charge in [-0.05, 0) is 46.5 Å². The Balaban J connectivity index is 1.90. The lowest BCUT2D eigenvalue weighted by molar-refractivity contribution is 0.392. The summed E-state index contributed by atoms with van der Waals surface area (Å²) in [7, 11) is 1.56. The summed E-state index contributed by atoms with van der Waals surface area (Å²) in [4.78, 5) is 8.39. The van der Waals surface area contributed by atoms with Crippen LogP contribution in [0.1, 0.15) is 0 Å². The fraction of sp³-hybridized carbons (Fsp3) is 0.0833. The molecule has 3 aromatic rings. The van der Waals surface area contributed by atoms with Crippen LogP contribution in [0, 0.1) is 0 Å². The molecule has 1 aromatic carbocycles. The lowest BCUT2D eigenvalue weighted by Gasteiger charge is -2.04. The molecule has 0 bridgehead atoms. The van der Waals surface area contributed by atoms with E-state index in [-0.39, 0.29) is 0 Å².